The summed E-state index contributed by atoms with van der Waals surface area (Å²) in [5, 5.41) is 2.76. The lowest BCUT2D eigenvalue weighted by molar-refractivity contribution is -0.123. The molecular formula is C24H22ClFN2O3S. The molecule has 2 N–H and O–H groups in total. The Balaban J connectivity index is 1.40. The molecule has 0 heterocycles. The predicted octanol–water partition coefficient (Wildman–Crippen LogP) is 4.67. The molecule has 1 fully saturated rings. The third-order valence-electron chi connectivity index (χ3n) is 5.62. The minimum atomic E-state index is -3.92. The van der Waals surface area contributed by atoms with Gasteiger partial charge in [-0.05, 0) is 60.7 Å². The number of nitrogens with one attached hydrogen (secondary N) is 2. The topological polar surface area (TPSA) is 75.3 Å². The van der Waals surface area contributed by atoms with Crippen LogP contribution in [0.1, 0.15) is 24.0 Å². The Morgan fingerprint density at radius 2 is 1.69 bits per heavy atom. The van der Waals surface area contributed by atoms with Gasteiger partial charge >= 0.3 is 0 Å². The van der Waals surface area contributed by atoms with Gasteiger partial charge in [0.1, 0.15) is 5.82 Å². The van der Waals surface area contributed by atoms with Crippen molar-refractivity contribution in [1.82, 2.24) is 5.32 Å². The molecule has 0 aliphatic heterocycles. The van der Waals surface area contributed by atoms with E-state index in [1.807, 2.05) is 30.3 Å². The van der Waals surface area contributed by atoms with Crippen molar-refractivity contribution >= 4 is 33.2 Å². The molecule has 5 nitrogen and oxygen atoms in total. The summed E-state index contributed by atoms with van der Waals surface area (Å²) in [6.07, 6.45) is 2.27. The molecule has 0 saturated heterocycles. The molecule has 0 aromatic heterocycles. The third kappa shape index (κ3) is 4.79. The molecule has 0 unspecified atom stereocenters. The maximum Gasteiger partial charge on any atom is 0.261 e. The van der Waals surface area contributed by atoms with Crippen molar-refractivity contribution in [2.24, 2.45) is 0 Å². The molecule has 166 valence electrons. The van der Waals surface area contributed by atoms with Gasteiger partial charge in [-0.3, -0.25) is 9.52 Å². The van der Waals surface area contributed by atoms with Gasteiger partial charge in [0.2, 0.25) is 5.91 Å². The van der Waals surface area contributed by atoms with E-state index in [9.17, 15) is 17.6 Å². The highest BCUT2D eigenvalue weighted by Crippen LogP contribution is 2.48. The molecular weight excluding hydrogens is 451 g/mol. The van der Waals surface area contributed by atoms with Crippen LogP contribution in [0.15, 0.2) is 77.7 Å². The Morgan fingerprint density at radius 1 is 1.00 bits per heavy atom. The van der Waals surface area contributed by atoms with E-state index in [0.717, 1.165) is 48.6 Å². The maximum atomic E-state index is 13.3. The number of hydrogen-bond acceptors (Lipinski definition) is 3. The molecule has 1 saturated carbocycles. The number of hydrogen-bond donors (Lipinski definition) is 2. The summed E-state index contributed by atoms with van der Waals surface area (Å²) in [6.45, 7) is 0.558. The molecule has 32 heavy (non-hydrogen) atoms. The molecule has 1 aliphatic carbocycles. The molecule has 1 aliphatic rings. The Bertz CT molecular complexity index is 1230. The summed E-state index contributed by atoms with van der Waals surface area (Å²) in [5.74, 6) is -0.700. The molecule has 8 heteroatoms. The van der Waals surface area contributed by atoms with Crippen LogP contribution in [0.25, 0.3) is 0 Å². The van der Waals surface area contributed by atoms with Crippen LogP contribution >= 0.6 is 11.6 Å². The van der Waals surface area contributed by atoms with Crippen LogP contribution in [-0.2, 0) is 26.7 Å². The van der Waals surface area contributed by atoms with E-state index in [1.165, 1.54) is 0 Å². The number of amides is 1. The summed E-state index contributed by atoms with van der Waals surface area (Å²) in [4.78, 5) is 12.7. The summed E-state index contributed by atoms with van der Waals surface area (Å²) in [5.41, 5.74) is 1.80. The Hall–Kier alpha value is -2.90. The van der Waals surface area contributed by atoms with Gasteiger partial charge < -0.3 is 5.32 Å². The average Bonchev–Trinajstić information content (AvgIpc) is 3.59. The molecule has 1 amide bonds. The monoisotopic (exact) mass is 472 g/mol. The smallest absolute Gasteiger partial charge is 0.261 e. The van der Waals surface area contributed by atoms with Crippen LogP contribution in [0.2, 0.25) is 5.02 Å². The third-order valence-corrected chi connectivity index (χ3v) is 7.29. The van der Waals surface area contributed by atoms with Crippen molar-refractivity contribution in [3.63, 3.8) is 0 Å². The zero-order valence-corrected chi connectivity index (χ0v) is 18.7. The highest BCUT2D eigenvalue weighted by Gasteiger charge is 2.51. The van der Waals surface area contributed by atoms with E-state index < -0.39 is 21.3 Å². The molecule has 3 aromatic rings. The van der Waals surface area contributed by atoms with Gasteiger partial charge in [0.15, 0.2) is 0 Å². The number of sulfonamides is 1. The summed E-state index contributed by atoms with van der Waals surface area (Å²) < 4.78 is 40.9. The van der Waals surface area contributed by atoms with Crippen LogP contribution in [0.5, 0.6) is 0 Å². The number of benzene rings is 3. The Labute approximate surface area is 191 Å². The second kappa shape index (κ2) is 8.92. The number of carbonyl (C=O) groups excluding carboxylic acids is 1. The minimum Gasteiger partial charge on any atom is -0.355 e. The number of anilines is 1. The Kier molecular flexibility index (Phi) is 6.22. The van der Waals surface area contributed by atoms with Gasteiger partial charge in [-0.1, -0.05) is 54.1 Å². The zero-order chi connectivity index (χ0) is 22.8. The predicted molar refractivity (Wildman–Crippen MR) is 123 cm³/mol. The Morgan fingerprint density at radius 3 is 2.31 bits per heavy atom. The quantitative estimate of drug-likeness (QED) is 0.500. The van der Waals surface area contributed by atoms with Gasteiger partial charge in [0.25, 0.3) is 10.0 Å². The van der Waals surface area contributed by atoms with Crippen molar-refractivity contribution in [3.05, 3.63) is 94.8 Å². The SMILES string of the molecule is O=C(NCCc1ccccc1)C1(c2ccc(NS(=O)(=O)c3ccc(F)c(Cl)c3)cc2)CC1. The maximum absolute atomic E-state index is 13.3. The van der Waals surface area contributed by atoms with Crippen LogP contribution in [0, 0.1) is 5.82 Å². The van der Waals surface area contributed by atoms with Crippen molar-refractivity contribution in [3.8, 4) is 0 Å². The van der Waals surface area contributed by atoms with E-state index in [-0.39, 0.29) is 15.8 Å². The zero-order valence-electron chi connectivity index (χ0n) is 17.1. The van der Waals surface area contributed by atoms with E-state index in [2.05, 4.69) is 10.0 Å². The summed E-state index contributed by atoms with van der Waals surface area (Å²) in [7, 11) is -3.92. The summed E-state index contributed by atoms with van der Waals surface area (Å²) in [6, 6.07) is 19.9. The van der Waals surface area contributed by atoms with E-state index in [4.69, 9.17) is 11.6 Å². The molecule has 0 bridgehead atoms. The number of carbonyl (C=O) groups is 1. The van der Waals surface area contributed by atoms with E-state index >= 15 is 0 Å². The second-order valence-electron chi connectivity index (χ2n) is 7.83. The van der Waals surface area contributed by atoms with Crippen LogP contribution in [0.3, 0.4) is 0 Å². The molecule has 0 radical (unpaired) electrons. The molecule has 0 atom stereocenters. The van der Waals surface area contributed by atoms with Crippen LogP contribution in [-0.4, -0.2) is 20.9 Å². The second-order valence-corrected chi connectivity index (χ2v) is 9.92. The molecule has 3 aromatic carbocycles. The lowest BCUT2D eigenvalue weighted by Gasteiger charge is -2.17. The van der Waals surface area contributed by atoms with Crippen LogP contribution < -0.4 is 10.0 Å². The van der Waals surface area contributed by atoms with Gasteiger partial charge in [0, 0.05) is 12.2 Å². The first-order chi connectivity index (χ1) is 15.3. The van der Waals surface area contributed by atoms with Crippen molar-refractivity contribution in [2.75, 3.05) is 11.3 Å². The molecule has 0 spiro atoms. The fourth-order valence-corrected chi connectivity index (χ4v) is 4.95. The minimum absolute atomic E-state index is 0.0114. The highest BCUT2D eigenvalue weighted by atomic mass is 35.5. The summed E-state index contributed by atoms with van der Waals surface area (Å²) >= 11 is 5.70. The first kappa shape index (κ1) is 22.3. The number of rotatable bonds is 8. The van der Waals surface area contributed by atoms with Crippen molar-refractivity contribution < 1.29 is 17.6 Å². The van der Waals surface area contributed by atoms with Gasteiger partial charge in [-0.15, -0.1) is 0 Å². The lowest BCUT2D eigenvalue weighted by Crippen LogP contribution is -2.35. The average molecular weight is 473 g/mol. The highest BCUT2D eigenvalue weighted by molar-refractivity contribution is 7.92. The van der Waals surface area contributed by atoms with E-state index in [0.29, 0.717) is 12.2 Å². The molecule has 4 rings (SSSR count). The van der Waals surface area contributed by atoms with Crippen molar-refractivity contribution in [2.45, 2.75) is 29.6 Å². The lowest BCUT2D eigenvalue weighted by atomic mass is 9.94. The largest absolute Gasteiger partial charge is 0.355 e. The van der Waals surface area contributed by atoms with Gasteiger partial charge in [-0.25, -0.2) is 12.8 Å². The fraction of sp³-hybridized carbons (Fsp3) is 0.208. The van der Waals surface area contributed by atoms with Gasteiger partial charge in [-0.2, -0.15) is 0 Å². The first-order valence-corrected chi connectivity index (χ1v) is 12.1. The van der Waals surface area contributed by atoms with Crippen molar-refractivity contribution in [1.29, 1.82) is 0 Å². The first-order valence-electron chi connectivity index (χ1n) is 10.2. The van der Waals surface area contributed by atoms with Crippen LogP contribution in [0.4, 0.5) is 10.1 Å². The normalized spacial score (nSPS) is 14.6. The number of halogens is 2. The van der Waals surface area contributed by atoms with E-state index in [1.54, 1.807) is 24.3 Å². The van der Waals surface area contributed by atoms with Gasteiger partial charge in [0.05, 0.1) is 15.3 Å². The standard InChI is InChI=1S/C24H22ClFN2O3S/c25-21-16-20(10-11-22(21)26)32(30,31)28-19-8-6-18(7-9-19)24(13-14-24)23(29)27-15-12-17-4-2-1-3-5-17/h1-11,16,28H,12-15H2,(H,27,29). The fourth-order valence-electron chi connectivity index (χ4n) is 3.62.